The van der Waals surface area contributed by atoms with Crippen molar-refractivity contribution in [2.45, 2.75) is 0 Å². The molecule has 0 amide bonds. The van der Waals surface area contributed by atoms with Crippen LogP contribution in [-0.4, -0.2) is 59.5 Å². The summed E-state index contributed by atoms with van der Waals surface area (Å²) in [4.78, 5) is 49.1. The highest BCUT2D eigenvalue weighted by atomic mass is 16.4. The van der Waals surface area contributed by atoms with E-state index in [1.54, 1.807) is 0 Å². The van der Waals surface area contributed by atoms with Crippen molar-refractivity contribution in [1.29, 1.82) is 0 Å². The van der Waals surface area contributed by atoms with Crippen LogP contribution < -0.4 is 0 Å². The van der Waals surface area contributed by atoms with Crippen molar-refractivity contribution >= 4 is 23.9 Å². The largest absolute Gasteiger partial charge is 0.478 e. The molecule has 5 N–H and O–H groups in total. The first-order chi connectivity index (χ1) is 13.7. The number of rotatable bonds is 6. The standard InChI is InChI=1S/C18H11N3O8/c22-15(23)9-1-7(2-10(5-9)16(24)25)13-19-14(21-20-13)8-3-11(17(26)27)6-12(4-8)18(28)29/h1-6H,(H,22,23)(H,24,25)(H,26,27)(H,28,29)(H,19,20,21). The van der Waals surface area contributed by atoms with E-state index in [2.05, 4.69) is 15.2 Å². The van der Waals surface area contributed by atoms with Crippen LogP contribution in [0.2, 0.25) is 0 Å². The van der Waals surface area contributed by atoms with Gasteiger partial charge in [-0.2, -0.15) is 5.10 Å². The molecule has 2 aromatic carbocycles. The van der Waals surface area contributed by atoms with Gasteiger partial charge in [-0.25, -0.2) is 24.2 Å². The Morgan fingerprint density at radius 3 is 1.38 bits per heavy atom. The van der Waals surface area contributed by atoms with Crippen LogP contribution in [-0.2, 0) is 0 Å². The minimum Gasteiger partial charge on any atom is -0.478 e. The van der Waals surface area contributed by atoms with Crippen LogP contribution in [0.15, 0.2) is 36.4 Å². The molecule has 0 saturated carbocycles. The quantitative estimate of drug-likeness (QED) is 0.410. The highest BCUT2D eigenvalue weighted by Gasteiger charge is 2.17. The maximum Gasteiger partial charge on any atom is 0.335 e. The van der Waals surface area contributed by atoms with Gasteiger partial charge in [0.25, 0.3) is 0 Å². The molecule has 1 aromatic heterocycles. The molecule has 0 aliphatic carbocycles. The Hall–Kier alpha value is -4.54. The third-order valence-corrected chi connectivity index (χ3v) is 3.87. The molecule has 1 heterocycles. The zero-order valence-electron chi connectivity index (χ0n) is 14.3. The van der Waals surface area contributed by atoms with Crippen LogP contribution in [0.5, 0.6) is 0 Å². The number of aromatic carboxylic acids is 4. The molecule has 0 aliphatic rings. The second-order valence-corrected chi connectivity index (χ2v) is 5.83. The Morgan fingerprint density at radius 2 is 1.00 bits per heavy atom. The van der Waals surface area contributed by atoms with Gasteiger partial charge in [-0.1, -0.05) is 0 Å². The second-order valence-electron chi connectivity index (χ2n) is 5.83. The highest BCUT2D eigenvalue weighted by Crippen LogP contribution is 2.24. The Labute approximate surface area is 160 Å². The minimum absolute atomic E-state index is 0.0169. The van der Waals surface area contributed by atoms with Gasteiger partial charge in [0.05, 0.1) is 22.3 Å². The summed E-state index contributed by atoms with van der Waals surface area (Å²) < 4.78 is 0. The molecule has 3 aromatic rings. The number of nitrogens with one attached hydrogen (secondary N) is 1. The van der Waals surface area contributed by atoms with Crippen LogP contribution in [0.4, 0.5) is 0 Å². The molecule has 0 aliphatic heterocycles. The summed E-state index contributed by atoms with van der Waals surface area (Å²) in [6.07, 6.45) is 0. The molecular weight excluding hydrogens is 386 g/mol. The van der Waals surface area contributed by atoms with Gasteiger partial charge in [0.1, 0.15) is 0 Å². The summed E-state index contributed by atoms with van der Waals surface area (Å²) in [5, 5.41) is 43.0. The van der Waals surface area contributed by atoms with Crippen molar-refractivity contribution in [1.82, 2.24) is 15.2 Å². The van der Waals surface area contributed by atoms with E-state index >= 15 is 0 Å². The fraction of sp³-hybridized carbons (Fsp3) is 0. The SMILES string of the molecule is O=C(O)c1cc(C(=O)O)cc(-c2n[nH]c(-c3cc(C(=O)O)cc(C(=O)O)c3)n2)c1. The lowest BCUT2D eigenvalue weighted by molar-refractivity contribution is 0.0676. The number of aromatic amines is 1. The molecule has 11 heteroatoms. The summed E-state index contributed by atoms with van der Waals surface area (Å²) in [7, 11) is 0. The first-order valence-corrected chi connectivity index (χ1v) is 7.82. The first-order valence-electron chi connectivity index (χ1n) is 7.82. The number of hydrogen-bond donors (Lipinski definition) is 5. The first kappa shape index (κ1) is 19.2. The number of aromatic nitrogens is 3. The van der Waals surface area contributed by atoms with Crippen molar-refractivity contribution in [3.63, 3.8) is 0 Å². The topological polar surface area (TPSA) is 191 Å². The molecule has 0 unspecified atom stereocenters. The van der Waals surface area contributed by atoms with Gasteiger partial charge in [-0.05, 0) is 36.4 Å². The molecule has 0 saturated heterocycles. The molecule has 0 fully saturated rings. The van der Waals surface area contributed by atoms with Gasteiger partial charge >= 0.3 is 23.9 Å². The monoisotopic (exact) mass is 397 g/mol. The zero-order chi connectivity index (χ0) is 21.3. The molecule has 3 rings (SSSR count). The van der Waals surface area contributed by atoms with E-state index < -0.39 is 23.9 Å². The minimum atomic E-state index is -1.34. The fourth-order valence-electron chi connectivity index (χ4n) is 2.53. The van der Waals surface area contributed by atoms with Crippen molar-refractivity contribution in [2.75, 3.05) is 0 Å². The van der Waals surface area contributed by atoms with E-state index in [1.165, 1.54) is 24.3 Å². The maximum absolute atomic E-state index is 11.2. The van der Waals surface area contributed by atoms with Gasteiger partial charge in [0, 0.05) is 11.1 Å². The van der Waals surface area contributed by atoms with Crippen molar-refractivity contribution in [3.05, 3.63) is 58.7 Å². The number of carbonyl (C=O) groups is 4. The summed E-state index contributed by atoms with van der Waals surface area (Å²) in [5.74, 6) is -5.40. The van der Waals surface area contributed by atoms with Crippen LogP contribution in [0.1, 0.15) is 41.4 Å². The highest BCUT2D eigenvalue weighted by molar-refractivity contribution is 5.97. The average molecular weight is 397 g/mol. The van der Waals surface area contributed by atoms with Crippen LogP contribution in [0, 0.1) is 0 Å². The normalized spacial score (nSPS) is 10.5. The third-order valence-electron chi connectivity index (χ3n) is 3.87. The Bertz CT molecular complexity index is 1030. The number of carboxylic acid groups (broad SMARTS) is 4. The Balaban J connectivity index is 2.11. The van der Waals surface area contributed by atoms with Crippen molar-refractivity contribution in [3.8, 4) is 22.8 Å². The molecule has 146 valence electrons. The third kappa shape index (κ3) is 3.93. The van der Waals surface area contributed by atoms with Crippen molar-refractivity contribution in [2.24, 2.45) is 0 Å². The smallest absolute Gasteiger partial charge is 0.335 e. The molecule has 11 nitrogen and oxygen atoms in total. The molecule has 0 bridgehead atoms. The van der Waals surface area contributed by atoms with Gasteiger partial charge in [0.15, 0.2) is 11.6 Å². The second kappa shape index (κ2) is 7.23. The lowest BCUT2D eigenvalue weighted by atomic mass is 10.0. The summed E-state index contributed by atoms with van der Waals surface area (Å²) in [6, 6.07) is 6.71. The lowest BCUT2D eigenvalue weighted by Gasteiger charge is -2.03. The van der Waals surface area contributed by atoms with Crippen LogP contribution in [0.25, 0.3) is 22.8 Å². The van der Waals surface area contributed by atoms with E-state index in [1.807, 2.05) is 0 Å². The van der Waals surface area contributed by atoms with E-state index in [9.17, 15) is 19.2 Å². The number of H-pyrrole nitrogens is 1. The number of nitrogens with zero attached hydrogens (tertiary/aromatic N) is 2. The maximum atomic E-state index is 11.2. The summed E-state index contributed by atoms with van der Waals surface area (Å²) >= 11 is 0. The van der Waals surface area contributed by atoms with Gasteiger partial charge in [0.2, 0.25) is 0 Å². The van der Waals surface area contributed by atoms with E-state index in [-0.39, 0.29) is 45.0 Å². The van der Waals surface area contributed by atoms with E-state index in [4.69, 9.17) is 20.4 Å². The van der Waals surface area contributed by atoms with Gasteiger partial charge in [-0.15, -0.1) is 0 Å². The Morgan fingerprint density at radius 1 is 0.621 bits per heavy atom. The van der Waals surface area contributed by atoms with Gasteiger partial charge in [-0.3, -0.25) is 5.10 Å². The summed E-state index contributed by atoms with van der Waals surface area (Å²) in [6.45, 7) is 0. The number of hydrogen-bond acceptors (Lipinski definition) is 6. The molecular formula is C18H11N3O8. The molecule has 0 spiro atoms. The molecule has 0 atom stereocenters. The predicted octanol–water partition coefficient (Wildman–Crippen LogP) is 1.93. The average Bonchev–Trinajstić information content (AvgIpc) is 3.17. The molecule has 29 heavy (non-hydrogen) atoms. The lowest BCUT2D eigenvalue weighted by Crippen LogP contribution is -2.03. The van der Waals surface area contributed by atoms with Crippen LogP contribution in [0.3, 0.4) is 0 Å². The Kier molecular flexibility index (Phi) is 4.79. The van der Waals surface area contributed by atoms with E-state index in [0.29, 0.717) is 0 Å². The van der Waals surface area contributed by atoms with E-state index in [0.717, 1.165) is 12.1 Å². The zero-order valence-corrected chi connectivity index (χ0v) is 14.3. The predicted molar refractivity (Wildman–Crippen MR) is 95.1 cm³/mol. The fourth-order valence-corrected chi connectivity index (χ4v) is 2.53. The number of benzene rings is 2. The van der Waals surface area contributed by atoms with Gasteiger partial charge < -0.3 is 20.4 Å². The van der Waals surface area contributed by atoms with Crippen molar-refractivity contribution < 1.29 is 39.6 Å². The molecule has 0 radical (unpaired) electrons. The van der Waals surface area contributed by atoms with Crippen LogP contribution >= 0.6 is 0 Å². The number of carboxylic acids is 4. The summed E-state index contributed by atoms with van der Waals surface area (Å²) in [5.41, 5.74) is -0.913.